The topological polar surface area (TPSA) is 110 Å². The van der Waals surface area contributed by atoms with Crippen LogP contribution in [0.4, 0.5) is 0 Å². The van der Waals surface area contributed by atoms with E-state index in [9.17, 15) is 13.0 Å². The maximum absolute atomic E-state index is 11.0. The van der Waals surface area contributed by atoms with Gasteiger partial charge in [0.15, 0.2) is 0 Å². The molecule has 2 N–H and O–H groups in total. The van der Waals surface area contributed by atoms with Gasteiger partial charge in [0.05, 0.1) is 6.61 Å². The average Bonchev–Trinajstić information content (AvgIpc) is 2.33. The van der Waals surface area contributed by atoms with E-state index < -0.39 is 18.2 Å². The number of hydrogen-bond donors (Lipinski definition) is 2. The van der Waals surface area contributed by atoms with Crippen LogP contribution in [0.1, 0.15) is 71.1 Å². The number of unbranched alkanes of at least 4 members (excludes halogenated alkanes) is 9. The van der Waals surface area contributed by atoms with Gasteiger partial charge < -0.3 is 9.79 Å². The second kappa shape index (κ2) is 17.4. The van der Waals surface area contributed by atoms with Crippen LogP contribution in [0.3, 0.4) is 0 Å². The molecule has 0 aromatic heterocycles. The van der Waals surface area contributed by atoms with Crippen LogP contribution in [-0.2, 0) is 23.1 Å². The van der Waals surface area contributed by atoms with Gasteiger partial charge in [-0.25, -0.2) is 8.75 Å². The Morgan fingerprint density at radius 1 is 0.826 bits per heavy atom. The van der Waals surface area contributed by atoms with Crippen molar-refractivity contribution in [3.05, 3.63) is 0 Å². The normalized spacial score (nSPS) is 11.6. The maximum atomic E-state index is 11.0. The summed E-state index contributed by atoms with van der Waals surface area (Å²) >= 11 is 0. The van der Waals surface area contributed by atoms with Gasteiger partial charge in [0, 0.05) is 0 Å². The van der Waals surface area contributed by atoms with Gasteiger partial charge in [0.1, 0.15) is 0 Å². The summed E-state index contributed by atoms with van der Waals surface area (Å²) in [5.74, 6) is 0. The molecule has 23 heavy (non-hydrogen) atoms. The molecule has 0 atom stereocenters. The molecule has 0 amide bonds. The average molecular weight is 394 g/mol. The van der Waals surface area contributed by atoms with E-state index in [1.54, 1.807) is 0 Å². The summed E-state index contributed by atoms with van der Waals surface area (Å²) in [5, 5.41) is 0. The summed E-state index contributed by atoms with van der Waals surface area (Å²) in [7, 11) is -9.70. The van der Waals surface area contributed by atoms with Gasteiger partial charge in [-0.15, -0.1) is 3.97 Å². The summed E-state index contributed by atoms with van der Waals surface area (Å²) in [6, 6.07) is 0. The van der Waals surface area contributed by atoms with Crippen molar-refractivity contribution in [3.63, 3.8) is 0 Å². The molecule has 0 heterocycles. The quantitative estimate of drug-likeness (QED) is 0.263. The Balaban J connectivity index is -0.00000200. The minimum atomic E-state index is -5.08. The Kier molecular flexibility index (Phi) is 22.6. The van der Waals surface area contributed by atoms with Gasteiger partial charge in [-0.2, -0.15) is 8.42 Å². The van der Waals surface area contributed by atoms with E-state index in [1.165, 1.54) is 38.5 Å². The molecule has 0 rings (SSSR count). The predicted molar refractivity (Wildman–Crippen MR) is 94.1 cm³/mol. The van der Waals surface area contributed by atoms with Crippen molar-refractivity contribution >= 4 is 77.3 Å². The fourth-order valence-electron chi connectivity index (χ4n) is 1.89. The SMILES string of the molecule is CCCCCCCCCCCCOS(=O)(=O)OP(=O)(O)O.[NaH].[NaH]. The molecule has 0 fully saturated rings. The van der Waals surface area contributed by atoms with E-state index >= 15 is 0 Å². The first-order chi connectivity index (χ1) is 9.77. The summed E-state index contributed by atoms with van der Waals surface area (Å²) in [6.07, 6.45) is 11.0. The molecule has 11 heteroatoms. The Labute approximate surface area is 184 Å². The van der Waals surface area contributed by atoms with E-state index in [0.29, 0.717) is 6.42 Å². The molecule has 0 aliphatic heterocycles. The summed E-state index contributed by atoms with van der Waals surface area (Å²) in [6.45, 7) is 2.06. The van der Waals surface area contributed by atoms with Gasteiger partial charge in [0.25, 0.3) is 0 Å². The van der Waals surface area contributed by atoms with E-state index in [1.807, 2.05) is 0 Å². The first-order valence-corrected chi connectivity index (χ1v) is 10.3. The molecule has 0 aromatic carbocycles. The Morgan fingerprint density at radius 3 is 1.61 bits per heavy atom. The molecular formula is C12H29Na2O7PS. The van der Waals surface area contributed by atoms with Gasteiger partial charge in [-0.05, 0) is 6.42 Å². The van der Waals surface area contributed by atoms with Crippen LogP contribution in [0.2, 0.25) is 0 Å². The molecule has 0 aliphatic rings. The first-order valence-electron chi connectivity index (χ1n) is 7.43. The van der Waals surface area contributed by atoms with E-state index in [4.69, 9.17) is 9.79 Å². The standard InChI is InChI=1S/C12H27O7PS.2Na.2H/c1-2-3-4-5-6-7-8-9-10-11-12-18-21(16,17)19-20(13,14)15;;;;/h2-12H2,1H3,(H2,13,14,15);;;;. The van der Waals surface area contributed by atoms with Crippen molar-refractivity contribution in [2.75, 3.05) is 6.61 Å². The van der Waals surface area contributed by atoms with Gasteiger partial charge in [0.2, 0.25) is 0 Å². The monoisotopic (exact) mass is 394 g/mol. The third-order valence-electron chi connectivity index (χ3n) is 2.91. The first kappa shape index (κ1) is 29.8. The minimum absolute atomic E-state index is 0. The molecule has 0 spiro atoms. The molecule has 132 valence electrons. The van der Waals surface area contributed by atoms with Gasteiger partial charge in [-0.1, -0.05) is 64.7 Å². The zero-order valence-corrected chi connectivity index (χ0v) is 14.3. The van der Waals surface area contributed by atoms with Crippen LogP contribution >= 0.6 is 7.82 Å². The zero-order chi connectivity index (χ0) is 16.2. The second-order valence-corrected chi connectivity index (χ2v) is 7.61. The van der Waals surface area contributed by atoms with Crippen LogP contribution in [0, 0.1) is 0 Å². The van der Waals surface area contributed by atoms with E-state index in [-0.39, 0.29) is 65.7 Å². The number of hydrogen-bond acceptors (Lipinski definition) is 5. The molecule has 0 radical (unpaired) electrons. The van der Waals surface area contributed by atoms with Gasteiger partial charge >= 0.3 is 77.3 Å². The molecular weight excluding hydrogens is 365 g/mol. The van der Waals surface area contributed by atoms with Crippen molar-refractivity contribution in [3.8, 4) is 0 Å². The molecule has 7 nitrogen and oxygen atoms in total. The summed E-state index contributed by atoms with van der Waals surface area (Å²) in [4.78, 5) is 16.7. The molecule has 0 unspecified atom stereocenters. The second-order valence-electron chi connectivity index (χ2n) is 4.98. The van der Waals surface area contributed by atoms with Crippen LogP contribution in [0.5, 0.6) is 0 Å². The van der Waals surface area contributed by atoms with Crippen molar-refractivity contribution in [2.24, 2.45) is 0 Å². The molecule has 0 bridgehead atoms. The van der Waals surface area contributed by atoms with Crippen molar-refractivity contribution < 1.29 is 30.9 Å². The van der Waals surface area contributed by atoms with Crippen molar-refractivity contribution in [1.29, 1.82) is 0 Å². The van der Waals surface area contributed by atoms with Crippen LogP contribution in [0.25, 0.3) is 0 Å². The molecule has 0 aliphatic carbocycles. The third kappa shape index (κ3) is 24.0. The van der Waals surface area contributed by atoms with Gasteiger partial charge in [-0.3, -0.25) is 0 Å². The molecule has 0 saturated heterocycles. The number of rotatable bonds is 14. The van der Waals surface area contributed by atoms with Crippen molar-refractivity contribution in [2.45, 2.75) is 71.1 Å². The fourth-order valence-corrected chi connectivity index (χ4v) is 3.34. The number of phosphoric acid groups is 1. The van der Waals surface area contributed by atoms with Crippen molar-refractivity contribution in [1.82, 2.24) is 0 Å². The predicted octanol–water partition coefficient (Wildman–Crippen LogP) is 1.98. The van der Waals surface area contributed by atoms with E-state index in [0.717, 1.165) is 19.3 Å². The fraction of sp³-hybridized carbons (Fsp3) is 1.00. The summed E-state index contributed by atoms with van der Waals surface area (Å²) in [5.41, 5.74) is 0. The van der Waals surface area contributed by atoms with Crippen LogP contribution in [0.15, 0.2) is 0 Å². The zero-order valence-electron chi connectivity index (χ0n) is 12.6. The molecule has 0 saturated carbocycles. The van der Waals surface area contributed by atoms with Crippen LogP contribution < -0.4 is 0 Å². The molecule has 0 aromatic rings. The Bertz CT molecular complexity index is 400. The summed E-state index contributed by atoms with van der Waals surface area (Å²) < 4.78 is 40.2. The Morgan fingerprint density at radius 2 is 1.22 bits per heavy atom. The van der Waals surface area contributed by atoms with Crippen LogP contribution in [-0.4, -0.2) is 83.9 Å². The van der Waals surface area contributed by atoms with E-state index in [2.05, 4.69) is 15.1 Å². The third-order valence-corrected chi connectivity index (χ3v) is 4.88. The Hall–Kier alpha value is 2.02.